The molecule has 0 aromatic heterocycles. The van der Waals surface area contributed by atoms with Gasteiger partial charge in [-0.05, 0) is 64.5 Å². The van der Waals surface area contributed by atoms with Crippen molar-refractivity contribution in [1.82, 2.24) is 5.32 Å². The number of anilines is 1. The molecule has 6 heteroatoms. The van der Waals surface area contributed by atoms with Gasteiger partial charge in [0.15, 0.2) is 5.11 Å². The van der Waals surface area contributed by atoms with Crippen molar-refractivity contribution < 1.29 is 4.79 Å². The van der Waals surface area contributed by atoms with Crippen molar-refractivity contribution in [3.05, 3.63) is 63.0 Å². The molecule has 0 aliphatic rings. The summed E-state index contributed by atoms with van der Waals surface area (Å²) >= 11 is 11.9. The molecule has 0 unspecified atom stereocenters. The summed E-state index contributed by atoms with van der Waals surface area (Å²) in [6.07, 6.45) is 0. The van der Waals surface area contributed by atoms with E-state index in [4.69, 9.17) is 12.2 Å². The van der Waals surface area contributed by atoms with Crippen molar-refractivity contribution >= 4 is 60.8 Å². The molecule has 0 heterocycles. The Morgan fingerprint density at radius 2 is 1.65 bits per heavy atom. The van der Waals surface area contributed by atoms with E-state index in [2.05, 4.69) is 42.5 Å². The molecule has 2 rings (SSSR count). The zero-order valence-electron chi connectivity index (χ0n) is 10.2. The van der Waals surface area contributed by atoms with Crippen LogP contribution in [0.15, 0.2) is 57.5 Å². The molecule has 102 valence electrons. The first kappa shape index (κ1) is 15.2. The monoisotopic (exact) mass is 412 g/mol. The lowest BCUT2D eigenvalue weighted by Crippen LogP contribution is -2.34. The molecule has 0 saturated heterocycles. The van der Waals surface area contributed by atoms with Crippen molar-refractivity contribution in [3.63, 3.8) is 0 Å². The number of hydrogen-bond acceptors (Lipinski definition) is 2. The van der Waals surface area contributed by atoms with Gasteiger partial charge in [0.1, 0.15) is 0 Å². The topological polar surface area (TPSA) is 41.1 Å². The molecule has 0 bridgehead atoms. The summed E-state index contributed by atoms with van der Waals surface area (Å²) in [5.41, 5.74) is 1.35. The minimum atomic E-state index is -0.248. The van der Waals surface area contributed by atoms with Crippen LogP contribution in [0, 0.1) is 0 Å². The largest absolute Gasteiger partial charge is 0.331 e. The van der Waals surface area contributed by atoms with Crippen molar-refractivity contribution in [2.45, 2.75) is 0 Å². The molecule has 0 atom stereocenters. The molecule has 20 heavy (non-hydrogen) atoms. The molecule has 2 N–H and O–H groups in total. The number of halogens is 2. The Bertz CT molecular complexity index is 644. The predicted molar refractivity (Wildman–Crippen MR) is 92.0 cm³/mol. The van der Waals surface area contributed by atoms with E-state index in [9.17, 15) is 4.79 Å². The van der Waals surface area contributed by atoms with E-state index in [-0.39, 0.29) is 11.0 Å². The fourth-order valence-electron chi connectivity index (χ4n) is 1.49. The zero-order chi connectivity index (χ0) is 14.5. The number of nitrogens with one attached hydrogen (secondary N) is 2. The molecule has 0 spiro atoms. The minimum Gasteiger partial charge on any atom is -0.331 e. The van der Waals surface area contributed by atoms with Gasteiger partial charge < -0.3 is 5.32 Å². The number of amides is 1. The molecule has 0 aliphatic carbocycles. The third kappa shape index (κ3) is 4.13. The molecule has 0 aliphatic heterocycles. The van der Waals surface area contributed by atoms with Crippen LogP contribution in [0.1, 0.15) is 10.4 Å². The lowest BCUT2D eigenvalue weighted by molar-refractivity contribution is 0.0977. The van der Waals surface area contributed by atoms with Gasteiger partial charge in [0.2, 0.25) is 0 Å². The van der Waals surface area contributed by atoms with Gasteiger partial charge in [0.25, 0.3) is 5.91 Å². The molecule has 2 aromatic carbocycles. The third-order valence-corrected chi connectivity index (χ3v) is 3.88. The van der Waals surface area contributed by atoms with E-state index < -0.39 is 0 Å². The Morgan fingerprint density at radius 1 is 1.00 bits per heavy atom. The summed E-state index contributed by atoms with van der Waals surface area (Å²) in [5.74, 6) is -0.248. The summed E-state index contributed by atoms with van der Waals surface area (Å²) in [5, 5.41) is 5.86. The van der Waals surface area contributed by atoms with Crippen molar-refractivity contribution in [1.29, 1.82) is 0 Å². The number of carbonyl (C=O) groups is 1. The van der Waals surface area contributed by atoms with Crippen LogP contribution in [0.4, 0.5) is 5.69 Å². The summed E-state index contributed by atoms with van der Waals surface area (Å²) < 4.78 is 1.79. The van der Waals surface area contributed by atoms with Crippen LogP contribution in [0.3, 0.4) is 0 Å². The molecular formula is C14H10Br2N2OS. The first-order chi connectivity index (χ1) is 9.56. The van der Waals surface area contributed by atoms with E-state index in [1.165, 1.54) is 0 Å². The van der Waals surface area contributed by atoms with E-state index in [1.807, 2.05) is 24.3 Å². The fraction of sp³-hybridized carbons (Fsp3) is 0. The first-order valence-corrected chi connectivity index (χ1v) is 7.68. The molecule has 0 radical (unpaired) electrons. The van der Waals surface area contributed by atoms with Crippen LogP contribution in [-0.4, -0.2) is 11.0 Å². The second-order valence-electron chi connectivity index (χ2n) is 3.89. The van der Waals surface area contributed by atoms with Gasteiger partial charge in [0.05, 0.1) is 5.69 Å². The van der Waals surface area contributed by atoms with Crippen molar-refractivity contribution in [2.24, 2.45) is 0 Å². The average Bonchev–Trinajstić information content (AvgIpc) is 2.42. The van der Waals surface area contributed by atoms with Gasteiger partial charge in [-0.15, -0.1) is 0 Å². The second kappa shape index (κ2) is 6.97. The van der Waals surface area contributed by atoms with E-state index in [0.29, 0.717) is 5.56 Å². The van der Waals surface area contributed by atoms with Gasteiger partial charge in [0, 0.05) is 14.5 Å². The number of carbonyl (C=O) groups excluding carboxylic acids is 1. The molecule has 0 saturated carbocycles. The van der Waals surface area contributed by atoms with Crippen LogP contribution in [0.25, 0.3) is 0 Å². The van der Waals surface area contributed by atoms with E-state index in [1.54, 1.807) is 24.3 Å². The van der Waals surface area contributed by atoms with Crippen molar-refractivity contribution in [3.8, 4) is 0 Å². The fourth-order valence-corrected chi connectivity index (χ4v) is 2.34. The van der Waals surface area contributed by atoms with Crippen LogP contribution >= 0.6 is 44.1 Å². The van der Waals surface area contributed by atoms with Crippen LogP contribution in [-0.2, 0) is 0 Å². The Balaban J connectivity index is 2.00. The maximum absolute atomic E-state index is 12.0. The lowest BCUT2D eigenvalue weighted by Gasteiger charge is -2.10. The number of rotatable bonds is 2. The maximum Gasteiger partial charge on any atom is 0.257 e. The highest BCUT2D eigenvalue weighted by Crippen LogP contribution is 2.21. The average molecular weight is 414 g/mol. The normalized spacial score (nSPS) is 9.90. The van der Waals surface area contributed by atoms with Crippen molar-refractivity contribution in [2.75, 3.05) is 5.32 Å². The van der Waals surface area contributed by atoms with Gasteiger partial charge in [-0.1, -0.05) is 28.1 Å². The van der Waals surface area contributed by atoms with Gasteiger partial charge in [-0.2, -0.15) is 0 Å². The Morgan fingerprint density at radius 3 is 2.30 bits per heavy atom. The Kier molecular flexibility index (Phi) is 5.28. The number of hydrogen-bond donors (Lipinski definition) is 2. The highest BCUT2D eigenvalue weighted by atomic mass is 79.9. The van der Waals surface area contributed by atoms with Gasteiger partial charge in [-0.25, -0.2) is 0 Å². The minimum absolute atomic E-state index is 0.248. The highest BCUT2D eigenvalue weighted by molar-refractivity contribution is 9.10. The third-order valence-electron chi connectivity index (χ3n) is 2.46. The molecule has 2 aromatic rings. The van der Waals surface area contributed by atoms with E-state index >= 15 is 0 Å². The smallest absolute Gasteiger partial charge is 0.257 e. The van der Waals surface area contributed by atoms with E-state index in [0.717, 1.165) is 14.6 Å². The van der Waals surface area contributed by atoms with Crippen LogP contribution in [0.5, 0.6) is 0 Å². The second-order valence-corrected chi connectivity index (χ2v) is 6.07. The summed E-state index contributed by atoms with van der Waals surface area (Å²) in [7, 11) is 0. The Hall–Kier alpha value is -1.24. The Labute approximate surface area is 139 Å². The zero-order valence-corrected chi connectivity index (χ0v) is 14.2. The lowest BCUT2D eigenvalue weighted by atomic mass is 10.2. The number of benzene rings is 2. The summed E-state index contributed by atoms with van der Waals surface area (Å²) in [6.45, 7) is 0. The first-order valence-electron chi connectivity index (χ1n) is 5.68. The quantitative estimate of drug-likeness (QED) is 0.719. The van der Waals surface area contributed by atoms with Gasteiger partial charge in [-0.3, -0.25) is 10.1 Å². The SMILES string of the molecule is O=C(NC(=S)Nc1ccccc1Br)c1ccc(Br)cc1. The molecule has 1 amide bonds. The van der Waals surface area contributed by atoms with Crippen LogP contribution in [0.2, 0.25) is 0 Å². The predicted octanol–water partition coefficient (Wildman–Crippen LogP) is 4.34. The highest BCUT2D eigenvalue weighted by Gasteiger charge is 2.08. The standard InChI is InChI=1S/C14H10Br2N2OS/c15-10-7-5-9(6-8-10)13(19)18-14(20)17-12-4-2-1-3-11(12)16/h1-8H,(H2,17,18,19,20). The number of para-hydroxylation sites is 1. The molecule has 0 fully saturated rings. The van der Waals surface area contributed by atoms with Crippen LogP contribution < -0.4 is 10.6 Å². The molecular weight excluding hydrogens is 404 g/mol. The summed E-state index contributed by atoms with van der Waals surface area (Å²) in [4.78, 5) is 12.0. The number of thiocarbonyl (C=S) groups is 1. The maximum atomic E-state index is 12.0. The molecule has 3 nitrogen and oxygen atoms in total. The van der Waals surface area contributed by atoms with Gasteiger partial charge >= 0.3 is 0 Å². The summed E-state index contributed by atoms with van der Waals surface area (Å²) in [6, 6.07) is 14.6.